The van der Waals surface area contributed by atoms with Crippen molar-refractivity contribution in [2.45, 2.75) is 78.9 Å². The normalized spacial score (nSPS) is 32.3. The third-order valence-electron chi connectivity index (χ3n) is 7.48. The van der Waals surface area contributed by atoms with Crippen LogP contribution in [0.5, 0.6) is 0 Å². The molecule has 0 saturated heterocycles. The molecule has 2 aliphatic rings. The molecule has 5 unspecified atom stereocenters. The second kappa shape index (κ2) is 8.48. The van der Waals surface area contributed by atoms with Gasteiger partial charge in [0.05, 0.1) is 12.7 Å². The van der Waals surface area contributed by atoms with Crippen LogP contribution in [-0.2, 0) is 9.59 Å². The van der Waals surface area contributed by atoms with Crippen LogP contribution in [0.25, 0.3) is 0 Å². The fourth-order valence-corrected chi connectivity index (χ4v) is 5.53. The van der Waals surface area contributed by atoms with E-state index < -0.39 is 18.8 Å². The molecule has 5 atom stereocenters. The molecule has 2 bridgehead atoms. The number of hydrogen-bond acceptors (Lipinski definition) is 4. The standard InChI is InChI=1S/C21H38N2O4/c1-6-10-23(11-7-2)19(27)16(13-24)22-17(25)12-14-15-8-9-21(5,18(14)26)20(15,3)4/h14-16,18,24,26H,6-13H2,1-5H3,(H,22,25). The summed E-state index contributed by atoms with van der Waals surface area (Å²) in [6.07, 6.45) is 3.39. The molecule has 0 aliphatic heterocycles. The van der Waals surface area contributed by atoms with Gasteiger partial charge in [-0.25, -0.2) is 0 Å². The molecule has 6 nitrogen and oxygen atoms in total. The van der Waals surface area contributed by atoms with Gasteiger partial charge in [0.25, 0.3) is 0 Å². The Bertz CT molecular complexity index is 544. The summed E-state index contributed by atoms with van der Waals surface area (Å²) < 4.78 is 0. The van der Waals surface area contributed by atoms with Crippen molar-refractivity contribution in [2.75, 3.05) is 19.7 Å². The molecule has 0 radical (unpaired) electrons. The summed E-state index contributed by atoms with van der Waals surface area (Å²) in [4.78, 5) is 27.0. The number of amides is 2. The van der Waals surface area contributed by atoms with E-state index in [-0.39, 0.29) is 35.0 Å². The maximum Gasteiger partial charge on any atom is 0.247 e. The molecule has 27 heavy (non-hydrogen) atoms. The molecule has 6 heteroatoms. The maximum absolute atomic E-state index is 12.7. The highest BCUT2D eigenvalue weighted by Gasteiger charge is 2.65. The molecule has 3 N–H and O–H groups in total. The Morgan fingerprint density at radius 2 is 1.78 bits per heavy atom. The largest absolute Gasteiger partial charge is 0.394 e. The second-order valence-electron chi connectivity index (χ2n) is 9.23. The van der Waals surface area contributed by atoms with Crippen molar-refractivity contribution in [3.05, 3.63) is 0 Å². The van der Waals surface area contributed by atoms with Crippen molar-refractivity contribution in [1.82, 2.24) is 10.2 Å². The van der Waals surface area contributed by atoms with Gasteiger partial charge in [0.2, 0.25) is 11.8 Å². The van der Waals surface area contributed by atoms with Crippen LogP contribution in [0.15, 0.2) is 0 Å². The Hall–Kier alpha value is -1.14. The van der Waals surface area contributed by atoms with E-state index in [1.165, 1.54) is 0 Å². The summed E-state index contributed by atoms with van der Waals surface area (Å²) in [5, 5.41) is 23.2. The Morgan fingerprint density at radius 1 is 1.19 bits per heavy atom. The molecular weight excluding hydrogens is 344 g/mol. The minimum absolute atomic E-state index is 0.00259. The molecule has 2 aliphatic carbocycles. The number of nitrogens with zero attached hydrogens (tertiary/aromatic N) is 1. The lowest BCUT2D eigenvalue weighted by molar-refractivity contribution is -0.138. The van der Waals surface area contributed by atoms with Crippen LogP contribution in [0, 0.1) is 22.7 Å². The fourth-order valence-electron chi connectivity index (χ4n) is 5.53. The SMILES string of the molecule is CCCN(CCC)C(=O)C(CO)NC(=O)CC1C2CCC(C)(C1O)C2(C)C. The molecular formula is C21H38N2O4. The summed E-state index contributed by atoms with van der Waals surface area (Å²) in [5.41, 5.74) is -0.156. The van der Waals surface area contributed by atoms with Gasteiger partial charge in [-0.3, -0.25) is 9.59 Å². The third kappa shape index (κ3) is 3.88. The number of fused-ring (bicyclic) bond motifs is 2. The van der Waals surface area contributed by atoms with E-state index in [0.29, 0.717) is 19.0 Å². The molecule has 0 aromatic carbocycles. The van der Waals surface area contributed by atoms with Crippen LogP contribution < -0.4 is 5.32 Å². The van der Waals surface area contributed by atoms with E-state index >= 15 is 0 Å². The Kier molecular flexibility index (Phi) is 6.96. The van der Waals surface area contributed by atoms with Gasteiger partial charge in [-0.05, 0) is 48.3 Å². The number of aliphatic hydroxyl groups is 2. The highest BCUT2D eigenvalue weighted by atomic mass is 16.3. The van der Waals surface area contributed by atoms with E-state index in [0.717, 1.165) is 25.7 Å². The molecule has 2 rings (SSSR count). The maximum atomic E-state index is 12.7. The van der Waals surface area contributed by atoms with Crippen molar-refractivity contribution in [3.8, 4) is 0 Å². The van der Waals surface area contributed by atoms with E-state index in [1.54, 1.807) is 4.90 Å². The van der Waals surface area contributed by atoms with E-state index in [2.05, 4.69) is 26.1 Å². The monoisotopic (exact) mass is 382 g/mol. The summed E-state index contributed by atoms with van der Waals surface area (Å²) in [5.74, 6) is -0.263. The minimum Gasteiger partial charge on any atom is -0.394 e. The highest BCUT2D eigenvalue weighted by molar-refractivity contribution is 5.88. The predicted octanol–water partition coefficient (Wildman–Crippen LogP) is 1.94. The first-order chi connectivity index (χ1) is 12.6. The van der Waals surface area contributed by atoms with Crippen LogP contribution >= 0.6 is 0 Å². The van der Waals surface area contributed by atoms with Crippen LogP contribution in [0.2, 0.25) is 0 Å². The Labute approximate surface area is 163 Å². The zero-order valence-electron chi connectivity index (χ0n) is 17.6. The van der Waals surface area contributed by atoms with Crippen molar-refractivity contribution >= 4 is 11.8 Å². The number of rotatable bonds is 9. The average Bonchev–Trinajstić information content (AvgIpc) is 2.92. The quantitative estimate of drug-likeness (QED) is 0.568. The first-order valence-corrected chi connectivity index (χ1v) is 10.5. The molecule has 2 amide bonds. The van der Waals surface area contributed by atoms with Crippen LogP contribution in [0.4, 0.5) is 0 Å². The lowest BCUT2D eigenvalue weighted by Gasteiger charge is -2.37. The predicted molar refractivity (Wildman–Crippen MR) is 105 cm³/mol. The van der Waals surface area contributed by atoms with E-state index in [1.807, 2.05) is 13.8 Å². The van der Waals surface area contributed by atoms with Crippen LogP contribution in [-0.4, -0.2) is 58.8 Å². The number of carbonyl (C=O) groups excluding carboxylic acids is 2. The number of carbonyl (C=O) groups is 2. The van der Waals surface area contributed by atoms with Crippen LogP contribution in [0.1, 0.15) is 66.7 Å². The summed E-state index contributed by atoms with van der Waals surface area (Å²) in [6.45, 7) is 11.3. The smallest absolute Gasteiger partial charge is 0.247 e. The molecule has 2 fully saturated rings. The molecule has 2 saturated carbocycles. The van der Waals surface area contributed by atoms with Crippen molar-refractivity contribution in [2.24, 2.45) is 22.7 Å². The number of aliphatic hydroxyl groups excluding tert-OH is 2. The molecule has 0 aromatic rings. The van der Waals surface area contributed by atoms with E-state index in [4.69, 9.17) is 0 Å². The fraction of sp³-hybridized carbons (Fsp3) is 0.905. The lowest BCUT2D eigenvalue weighted by atomic mass is 9.70. The molecule has 0 spiro atoms. The second-order valence-corrected chi connectivity index (χ2v) is 9.23. The minimum atomic E-state index is -0.907. The van der Waals surface area contributed by atoms with Crippen LogP contribution in [0.3, 0.4) is 0 Å². The molecule has 0 heterocycles. The summed E-state index contributed by atoms with van der Waals surface area (Å²) in [6, 6.07) is -0.907. The molecule has 156 valence electrons. The Morgan fingerprint density at radius 3 is 2.22 bits per heavy atom. The van der Waals surface area contributed by atoms with Crippen molar-refractivity contribution in [3.63, 3.8) is 0 Å². The van der Waals surface area contributed by atoms with Gasteiger partial charge in [0, 0.05) is 19.5 Å². The Balaban J connectivity index is 2.01. The first-order valence-electron chi connectivity index (χ1n) is 10.5. The lowest BCUT2D eigenvalue weighted by Crippen LogP contribution is -2.51. The number of hydrogen-bond donors (Lipinski definition) is 3. The van der Waals surface area contributed by atoms with Gasteiger partial charge in [-0.15, -0.1) is 0 Å². The van der Waals surface area contributed by atoms with Gasteiger partial charge in [0.1, 0.15) is 6.04 Å². The van der Waals surface area contributed by atoms with Gasteiger partial charge < -0.3 is 20.4 Å². The van der Waals surface area contributed by atoms with Gasteiger partial charge >= 0.3 is 0 Å². The van der Waals surface area contributed by atoms with Gasteiger partial charge in [0.15, 0.2) is 0 Å². The topological polar surface area (TPSA) is 89.9 Å². The third-order valence-corrected chi connectivity index (χ3v) is 7.48. The van der Waals surface area contributed by atoms with Crippen molar-refractivity contribution in [1.29, 1.82) is 0 Å². The van der Waals surface area contributed by atoms with Gasteiger partial charge in [-0.1, -0.05) is 34.6 Å². The zero-order valence-corrected chi connectivity index (χ0v) is 17.6. The summed E-state index contributed by atoms with van der Waals surface area (Å²) in [7, 11) is 0. The molecule has 0 aromatic heterocycles. The zero-order chi connectivity index (χ0) is 20.4. The average molecular weight is 383 g/mol. The first kappa shape index (κ1) is 22.2. The van der Waals surface area contributed by atoms with Gasteiger partial charge in [-0.2, -0.15) is 0 Å². The van der Waals surface area contributed by atoms with E-state index in [9.17, 15) is 19.8 Å². The summed E-state index contributed by atoms with van der Waals surface area (Å²) >= 11 is 0. The van der Waals surface area contributed by atoms with Crippen molar-refractivity contribution < 1.29 is 19.8 Å². The highest BCUT2D eigenvalue weighted by Crippen LogP contribution is 2.68. The number of nitrogens with one attached hydrogen (secondary N) is 1.